The van der Waals surface area contributed by atoms with Crippen molar-refractivity contribution in [3.63, 3.8) is 0 Å². The quantitative estimate of drug-likeness (QED) is 0.671. The molecule has 0 bridgehead atoms. The van der Waals surface area contributed by atoms with Crippen molar-refractivity contribution in [1.29, 1.82) is 0 Å². The van der Waals surface area contributed by atoms with E-state index in [9.17, 15) is 13.2 Å². The van der Waals surface area contributed by atoms with Crippen LogP contribution in [0.5, 0.6) is 0 Å². The summed E-state index contributed by atoms with van der Waals surface area (Å²) >= 11 is 0. The minimum Gasteiger partial charge on any atom is -0.309 e. The lowest BCUT2D eigenvalue weighted by Crippen LogP contribution is -2.30. The molecule has 0 fully saturated rings. The predicted molar refractivity (Wildman–Crippen MR) is 112 cm³/mol. The lowest BCUT2D eigenvalue weighted by molar-refractivity contribution is 0.0988. The summed E-state index contributed by atoms with van der Waals surface area (Å²) in [6.45, 7) is 4.24. The van der Waals surface area contributed by atoms with Crippen molar-refractivity contribution in [2.75, 3.05) is 16.2 Å². The maximum Gasteiger partial charge on any atom is 0.261 e. The average Bonchev–Trinajstić information content (AvgIpc) is 2.69. The van der Waals surface area contributed by atoms with Crippen molar-refractivity contribution in [1.82, 2.24) is 0 Å². The zero-order valence-electron chi connectivity index (χ0n) is 15.8. The molecular formula is C22H22N2O3S. The Hall–Kier alpha value is -3.12. The fourth-order valence-corrected chi connectivity index (χ4v) is 4.02. The van der Waals surface area contributed by atoms with Gasteiger partial charge in [0.2, 0.25) is 0 Å². The maximum atomic E-state index is 13.0. The highest BCUT2D eigenvalue weighted by atomic mass is 32.2. The molecule has 3 aromatic carbocycles. The van der Waals surface area contributed by atoms with Crippen molar-refractivity contribution in [3.8, 4) is 0 Å². The number of nitrogens with one attached hydrogen (secondary N) is 1. The maximum absolute atomic E-state index is 13.0. The van der Waals surface area contributed by atoms with Crippen LogP contribution in [0, 0.1) is 6.92 Å². The summed E-state index contributed by atoms with van der Waals surface area (Å²) in [5, 5.41) is 0. The highest BCUT2D eigenvalue weighted by molar-refractivity contribution is 7.92. The second kappa shape index (κ2) is 8.27. The van der Waals surface area contributed by atoms with E-state index in [1.807, 2.05) is 50.2 Å². The first kappa shape index (κ1) is 19.6. The molecule has 0 heterocycles. The first-order valence-electron chi connectivity index (χ1n) is 8.97. The number of hydrogen-bond donors (Lipinski definition) is 1. The monoisotopic (exact) mass is 394 g/mol. The number of aryl methyl sites for hydroxylation is 1. The summed E-state index contributed by atoms with van der Waals surface area (Å²) in [7, 11) is -3.80. The molecule has 0 aliphatic rings. The number of anilines is 2. The Morgan fingerprint density at radius 3 is 2.32 bits per heavy atom. The highest BCUT2D eigenvalue weighted by Crippen LogP contribution is 2.21. The Balaban J connectivity index is 1.90. The van der Waals surface area contributed by atoms with Crippen LogP contribution < -0.4 is 9.62 Å². The zero-order chi connectivity index (χ0) is 20.1. The van der Waals surface area contributed by atoms with E-state index in [2.05, 4.69) is 4.72 Å². The molecule has 0 aromatic heterocycles. The summed E-state index contributed by atoms with van der Waals surface area (Å²) in [6, 6.07) is 22.5. The van der Waals surface area contributed by atoms with Gasteiger partial charge in [0.15, 0.2) is 0 Å². The van der Waals surface area contributed by atoms with Gasteiger partial charge in [-0.3, -0.25) is 9.52 Å². The normalized spacial score (nSPS) is 11.1. The third-order valence-electron chi connectivity index (χ3n) is 4.29. The molecule has 144 valence electrons. The molecule has 0 atom stereocenters. The third kappa shape index (κ3) is 4.40. The number of amides is 1. The number of benzene rings is 3. The standard InChI is InChI=1S/C22H22N2O3S/c1-3-24(20-12-5-4-6-13-20)22(25)18-10-8-14-21(16-18)28(26,27)23-19-11-7-9-17(2)15-19/h4-16,23H,3H2,1-2H3. The Morgan fingerprint density at radius 2 is 1.64 bits per heavy atom. The van der Waals surface area contributed by atoms with Crippen LogP contribution in [0.3, 0.4) is 0 Å². The largest absolute Gasteiger partial charge is 0.309 e. The van der Waals surface area contributed by atoms with Gasteiger partial charge in [0.05, 0.1) is 4.90 Å². The van der Waals surface area contributed by atoms with Crippen LogP contribution in [-0.2, 0) is 10.0 Å². The molecule has 28 heavy (non-hydrogen) atoms. The zero-order valence-corrected chi connectivity index (χ0v) is 16.6. The van der Waals surface area contributed by atoms with Crippen molar-refractivity contribution >= 4 is 27.3 Å². The molecule has 0 aliphatic carbocycles. The molecule has 0 saturated carbocycles. The van der Waals surface area contributed by atoms with Gasteiger partial charge in [-0.1, -0.05) is 36.4 Å². The number of hydrogen-bond acceptors (Lipinski definition) is 3. The lowest BCUT2D eigenvalue weighted by Gasteiger charge is -2.21. The number of sulfonamides is 1. The summed E-state index contributed by atoms with van der Waals surface area (Å²) in [6.07, 6.45) is 0. The van der Waals surface area contributed by atoms with Crippen LogP contribution in [0.4, 0.5) is 11.4 Å². The van der Waals surface area contributed by atoms with Crippen LogP contribution in [-0.4, -0.2) is 20.9 Å². The Bertz CT molecular complexity index is 1080. The van der Waals surface area contributed by atoms with Crippen molar-refractivity contribution in [2.45, 2.75) is 18.7 Å². The van der Waals surface area contributed by atoms with Crippen LogP contribution in [0.25, 0.3) is 0 Å². The van der Waals surface area contributed by atoms with E-state index >= 15 is 0 Å². The Morgan fingerprint density at radius 1 is 0.929 bits per heavy atom. The van der Waals surface area contributed by atoms with E-state index in [1.54, 1.807) is 35.2 Å². The second-order valence-electron chi connectivity index (χ2n) is 6.39. The smallest absolute Gasteiger partial charge is 0.261 e. The molecule has 0 spiro atoms. The molecule has 5 nitrogen and oxygen atoms in total. The topological polar surface area (TPSA) is 66.5 Å². The molecule has 0 saturated heterocycles. The van der Waals surface area contributed by atoms with E-state index in [4.69, 9.17) is 0 Å². The first-order valence-corrected chi connectivity index (χ1v) is 10.5. The van der Waals surface area contributed by atoms with Gasteiger partial charge in [0.25, 0.3) is 15.9 Å². The van der Waals surface area contributed by atoms with Crippen LogP contribution >= 0.6 is 0 Å². The molecule has 0 unspecified atom stereocenters. The first-order chi connectivity index (χ1) is 13.4. The molecule has 0 aliphatic heterocycles. The molecule has 1 N–H and O–H groups in total. The molecule has 3 aromatic rings. The molecule has 3 rings (SSSR count). The van der Waals surface area contributed by atoms with E-state index in [0.717, 1.165) is 11.3 Å². The number of carbonyl (C=O) groups excluding carboxylic acids is 1. The van der Waals surface area contributed by atoms with Crippen molar-refractivity contribution < 1.29 is 13.2 Å². The predicted octanol–water partition coefficient (Wildman–Crippen LogP) is 4.46. The summed E-state index contributed by atoms with van der Waals surface area (Å²) in [5.41, 5.74) is 2.51. The van der Waals surface area contributed by atoms with Gasteiger partial charge >= 0.3 is 0 Å². The summed E-state index contributed by atoms with van der Waals surface area (Å²) < 4.78 is 28.1. The molecule has 1 amide bonds. The van der Waals surface area contributed by atoms with Gasteiger partial charge in [0, 0.05) is 23.5 Å². The average molecular weight is 394 g/mol. The summed E-state index contributed by atoms with van der Waals surface area (Å²) in [4.78, 5) is 14.6. The highest BCUT2D eigenvalue weighted by Gasteiger charge is 2.20. The van der Waals surface area contributed by atoms with E-state index < -0.39 is 10.0 Å². The van der Waals surface area contributed by atoms with E-state index in [-0.39, 0.29) is 10.8 Å². The Kier molecular flexibility index (Phi) is 5.80. The SMILES string of the molecule is CCN(C(=O)c1cccc(S(=O)(=O)Nc2cccc(C)c2)c1)c1ccccc1. The number of carbonyl (C=O) groups is 1. The molecule has 0 radical (unpaired) electrons. The van der Waals surface area contributed by atoms with Gasteiger partial charge in [0.1, 0.15) is 0 Å². The Labute approximate surface area is 165 Å². The fraction of sp³-hybridized carbons (Fsp3) is 0.136. The van der Waals surface area contributed by atoms with Gasteiger partial charge in [-0.2, -0.15) is 0 Å². The van der Waals surface area contributed by atoms with E-state index in [1.165, 1.54) is 12.1 Å². The van der Waals surface area contributed by atoms with Gasteiger partial charge < -0.3 is 4.90 Å². The molecular weight excluding hydrogens is 372 g/mol. The van der Waals surface area contributed by atoms with Crippen LogP contribution in [0.2, 0.25) is 0 Å². The van der Waals surface area contributed by atoms with Gasteiger partial charge in [-0.15, -0.1) is 0 Å². The molecule has 6 heteroatoms. The number of rotatable bonds is 6. The minimum absolute atomic E-state index is 0.0453. The number of nitrogens with zero attached hydrogens (tertiary/aromatic N) is 1. The third-order valence-corrected chi connectivity index (χ3v) is 5.67. The minimum atomic E-state index is -3.80. The fourth-order valence-electron chi connectivity index (χ4n) is 2.93. The lowest BCUT2D eigenvalue weighted by atomic mass is 10.2. The van der Waals surface area contributed by atoms with E-state index in [0.29, 0.717) is 17.8 Å². The van der Waals surface area contributed by atoms with Crippen LogP contribution in [0.1, 0.15) is 22.8 Å². The van der Waals surface area contributed by atoms with Crippen molar-refractivity contribution in [2.24, 2.45) is 0 Å². The number of para-hydroxylation sites is 1. The van der Waals surface area contributed by atoms with Crippen molar-refractivity contribution in [3.05, 3.63) is 90.0 Å². The second-order valence-corrected chi connectivity index (χ2v) is 8.07. The van der Waals surface area contributed by atoms with Gasteiger partial charge in [-0.05, 0) is 61.9 Å². The summed E-state index contributed by atoms with van der Waals surface area (Å²) in [5.74, 6) is -0.249. The van der Waals surface area contributed by atoms with Gasteiger partial charge in [-0.25, -0.2) is 8.42 Å². The van der Waals surface area contributed by atoms with Crippen LogP contribution in [0.15, 0.2) is 83.8 Å².